The Hall–Kier alpha value is -5.00. The van der Waals surface area contributed by atoms with Gasteiger partial charge in [-0.15, -0.1) is 0 Å². The highest BCUT2D eigenvalue weighted by Gasteiger charge is 2.22. The molecule has 11 heteroatoms. The third-order valence-electron chi connectivity index (χ3n) is 7.55. The first kappa shape index (κ1) is 29.5. The second kappa shape index (κ2) is 12.9. The Kier molecular flexibility index (Phi) is 8.84. The number of aromatic carboxylic acids is 1. The van der Waals surface area contributed by atoms with Gasteiger partial charge in [-0.3, -0.25) is 14.5 Å². The largest absolute Gasteiger partial charge is 0.494 e. The molecular weight excluding hydrogens is 550 g/mol. The number of carbonyl (C=O) groups is 3. The van der Waals surface area contributed by atoms with Crippen molar-refractivity contribution >= 4 is 40.1 Å². The molecule has 2 heterocycles. The van der Waals surface area contributed by atoms with Crippen molar-refractivity contribution in [2.45, 2.75) is 6.92 Å². The van der Waals surface area contributed by atoms with Crippen LogP contribution in [0.5, 0.6) is 5.88 Å². The molecule has 1 fully saturated rings. The SMILES string of the molecule is Cc1cc2c(C(=Nc3ccc(C(=O)NCC(=O)N4CCN(CCO)CC4)cc3)c3ccccc3)c(O)[nH]c2cc1C(=O)O. The van der Waals surface area contributed by atoms with Crippen molar-refractivity contribution in [2.75, 3.05) is 45.9 Å². The normalized spacial score (nSPS) is 14.2. The number of carbonyl (C=O) groups excluding carboxylic acids is 2. The van der Waals surface area contributed by atoms with Crippen molar-refractivity contribution in [3.8, 4) is 5.88 Å². The number of hydrogen-bond donors (Lipinski definition) is 5. The van der Waals surface area contributed by atoms with Gasteiger partial charge in [0, 0.05) is 54.8 Å². The van der Waals surface area contributed by atoms with E-state index in [-0.39, 0.29) is 36.4 Å². The number of fused-ring (bicyclic) bond motifs is 1. The fourth-order valence-corrected chi connectivity index (χ4v) is 5.22. The minimum Gasteiger partial charge on any atom is -0.494 e. The van der Waals surface area contributed by atoms with Gasteiger partial charge in [-0.05, 0) is 48.9 Å². The van der Waals surface area contributed by atoms with E-state index in [1.807, 2.05) is 30.3 Å². The molecule has 2 amide bonds. The van der Waals surface area contributed by atoms with Gasteiger partial charge in [0.2, 0.25) is 5.91 Å². The summed E-state index contributed by atoms with van der Waals surface area (Å²) in [4.78, 5) is 48.5. The van der Waals surface area contributed by atoms with Crippen molar-refractivity contribution in [3.63, 3.8) is 0 Å². The van der Waals surface area contributed by atoms with E-state index in [2.05, 4.69) is 15.2 Å². The van der Waals surface area contributed by atoms with Crippen molar-refractivity contribution in [2.24, 2.45) is 4.99 Å². The number of aromatic hydroxyl groups is 1. The molecule has 1 aliphatic heterocycles. The number of aliphatic hydroxyl groups is 1. The van der Waals surface area contributed by atoms with E-state index >= 15 is 0 Å². The quantitative estimate of drug-likeness (QED) is 0.190. The monoisotopic (exact) mass is 583 g/mol. The van der Waals surface area contributed by atoms with Gasteiger partial charge >= 0.3 is 5.97 Å². The molecule has 0 spiro atoms. The number of carboxylic acids is 1. The summed E-state index contributed by atoms with van der Waals surface area (Å²) in [6, 6.07) is 19.1. The van der Waals surface area contributed by atoms with Crippen LogP contribution in [0, 0.1) is 6.92 Å². The zero-order valence-electron chi connectivity index (χ0n) is 23.7. The standard InChI is InChI=1S/C32H33N5O6/c1-20-17-25-26(18-24(20)32(42)43)35-31(41)28(25)29(21-5-3-2-4-6-21)34-23-9-7-22(8-10-23)30(40)33-19-27(39)37-13-11-36(12-14-37)15-16-38/h2-10,17-18,35,38,41H,11-16,19H2,1H3,(H,33,40)(H,42,43). The average molecular weight is 584 g/mol. The highest BCUT2D eigenvalue weighted by atomic mass is 16.4. The van der Waals surface area contributed by atoms with Gasteiger partial charge in [-0.2, -0.15) is 0 Å². The van der Waals surface area contributed by atoms with Gasteiger partial charge in [-0.1, -0.05) is 30.3 Å². The van der Waals surface area contributed by atoms with E-state index in [0.717, 1.165) is 5.56 Å². The molecular formula is C32H33N5O6. The lowest BCUT2D eigenvalue weighted by molar-refractivity contribution is -0.131. The number of aromatic amines is 1. The maximum absolute atomic E-state index is 12.8. The van der Waals surface area contributed by atoms with E-state index in [0.29, 0.717) is 71.7 Å². The van der Waals surface area contributed by atoms with Crippen LogP contribution < -0.4 is 5.32 Å². The Morgan fingerprint density at radius 2 is 1.65 bits per heavy atom. The molecule has 0 unspecified atom stereocenters. The fourth-order valence-electron chi connectivity index (χ4n) is 5.22. The zero-order valence-corrected chi connectivity index (χ0v) is 23.7. The maximum Gasteiger partial charge on any atom is 0.336 e. The highest BCUT2D eigenvalue weighted by Crippen LogP contribution is 2.33. The summed E-state index contributed by atoms with van der Waals surface area (Å²) in [7, 11) is 0. The number of rotatable bonds is 9. The summed E-state index contributed by atoms with van der Waals surface area (Å²) in [6.07, 6.45) is 0. The van der Waals surface area contributed by atoms with Gasteiger partial charge < -0.3 is 30.5 Å². The molecule has 0 bridgehead atoms. The highest BCUT2D eigenvalue weighted by molar-refractivity contribution is 6.22. The van der Waals surface area contributed by atoms with Crippen LogP contribution in [0.4, 0.5) is 5.69 Å². The van der Waals surface area contributed by atoms with Gasteiger partial charge in [-0.25, -0.2) is 9.79 Å². The first-order chi connectivity index (χ1) is 20.7. The van der Waals surface area contributed by atoms with E-state index in [1.54, 1.807) is 42.2 Å². The molecule has 0 aliphatic carbocycles. The fraction of sp³-hybridized carbons (Fsp3) is 0.250. The number of nitrogens with one attached hydrogen (secondary N) is 2. The number of β-amino-alcohol motifs (C(OH)–C–C–N with tert-alkyl or cyclic N) is 1. The second-order valence-corrected chi connectivity index (χ2v) is 10.4. The number of aryl methyl sites for hydroxylation is 1. The van der Waals surface area contributed by atoms with Crippen molar-refractivity contribution in [1.29, 1.82) is 0 Å². The number of hydrogen-bond acceptors (Lipinski definition) is 7. The van der Waals surface area contributed by atoms with Crippen molar-refractivity contribution in [1.82, 2.24) is 20.1 Å². The summed E-state index contributed by atoms with van der Waals surface area (Å²) in [6.45, 7) is 4.74. The zero-order chi connectivity index (χ0) is 30.5. The maximum atomic E-state index is 12.8. The molecule has 3 aromatic carbocycles. The number of amides is 2. The molecule has 11 nitrogen and oxygen atoms in total. The Balaban J connectivity index is 1.36. The van der Waals surface area contributed by atoms with Crippen LogP contribution >= 0.6 is 0 Å². The summed E-state index contributed by atoms with van der Waals surface area (Å²) in [5.41, 5.74) is 3.67. The summed E-state index contributed by atoms with van der Waals surface area (Å²) in [5.74, 6) is -1.74. The van der Waals surface area contributed by atoms with Crippen LogP contribution in [0.15, 0.2) is 71.7 Å². The molecule has 0 saturated carbocycles. The predicted molar refractivity (Wildman–Crippen MR) is 162 cm³/mol. The number of H-pyrrole nitrogens is 1. The smallest absolute Gasteiger partial charge is 0.336 e. The Bertz CT molecular complexity index is 1670. The predicted octanol–water partition coefficient (Wildman–Crippen LogP) is 2.92. The van der Waals surface area contributed by atoms with Gasteiger partial charge in [0.05, 0.1) is 35.7 Å². The van der Waals surface area contributed by atoms with Crippen molar-refractivity contribution < 1.29 is 29.7 Å². The topological polar surface area (TPSA) is 159 Å². The second-order valence-electron chi connectivity index (χ2n) is 10.4. The molecule has 1 aliphatic rings. The third-order valence-corrected chi connectivity index (χ3v) is 7.55. The molecule has 0 radical (unpaired) electrons. The Labute approximate surface area is 248 Å². The van der Waals surface area contributed by atoms with Gasteiger partial charge in [0.15, 0.2) is 5.88 Å². The van der Waals surface area contributed by atoms with Crippen LogP contribution in [0.2, 0.25) is 0 Å². The summed E-state index contributed by atoms with van der Waals surface area (Å²) < 4.78 is 0. The molecule has 1 saturated heterocycles. The average Bonchev–Trinajstić information content (AvgIpc) is 3.33. The summed E-state index contributed by atoms with van der Waals surface area (Å²) >= 11 is 0. The number of nitrogens with zero attached hydrogens (tertiary/aromatic N) is 3. The molecule has 5 N–H and O–H groups in total. The first-order valence-electron chi connectivity index (χ1n) is 14.0. The lowest BCUT2D eigenvalue weighted by atomic mass is 9.98. The van der Waals surface area contributed by atoms with Crippen LogP contribution in [-0.2, 0) is 4.79 Å². The van der Waals surface area contributed by atoms with Gasteiger partial charge in [0.25, 0.3) is 5.91 Å². The Morgan fingerprint density at radius 3 is 2.30 bits per heavy atom. The Morgan fingerprint density at radius 1 is 0.953 bits per heavy atom. The summed E-state index contributed by atoms with van der Waals surface area (Å²) in [5, 5.41) is 32.9. The third kappa shape index (κ3) is 6.58. The minimum atomic E-state index is -1.06. The number of aliphatic hydroxyl groups excluding tert-OH is 1. The first-order valence-corrected chi connectivity index (χ1v) is 14.0. The molecule has 5 rings (SSSR count). The number of aliphatic imine (C=N–C) groups is 1. The van der Waals surface area contributed by atoms with Crippen LogP contribution in [0.25, 0.3) is 10.9 Å². The molecule has 1 aromatic heterocycles. The molecule has 0 atom stereocenters. The van der Waals surface area contributed by atoms with Gasteiger partial charge in [0.1, 0.15) is 0 Å². The van der Waals surface area contributed by atoms with Crippen LogP contribution in [-0.4, -0.2) is 99.5 Å². The van der Waals surface area contributed by atoms with E-state index in [9.17, 15) is 24.6 Å². The number of benzene rings is 3. The minimum absolute atomic E-state index is 0.0855. The molecule has 43 heavy (non-hydrogen) atoms. The molecule has 4 aromatic rings. The lowest BCUT2D eigenvalue weighted by Gasteiger charge is -2.34. The lowest BCUT2D eigenvalue weighted by Crippen LogP contribution is -2.51. The van der Waals surface area contributed by atoms with E-state index in [4.69, 9.17) is 10.1 Å². The number of carboxylic acid groups (broad SMARTS) is 1. The van der Waals surface area contributed by atoms with Crippen LogP contribution in [0.3, 0.4) is 0 Å². The van der Waals surface area contributed by atoms with E-state index in [1.165, 1.54) is 6.07 Å². The molecule has 222 valence electrons. The van der Waals surface area contributed by atoms with Crippen molar-refractivity contribution in [3.05, 3.63) is 94.5 Å². The van der Waals surface area contributed by atoms with E-state index < -0.39 is 5.97 Å². The number of aromatic nitrogens is 1. The number of piperazine rings is 1. The van der Waals surface area contributed by atoms with Crippen LogP contribution in [0.1, 0.15) is 37.4 Å².